The van der Waals surface area contributed by atoms with Crippen molar-refractivity contribution in [2.24, 2.45) is 0 Å². The van der Waals surface area contributed by atoms with Crippen LogP contribution in [0.5, 0.6) is 0 Å². The fourth-order valence-electron chi connectivity index (χ4n) is 1.75. The number of nitrogens with two attached hydrogens (primary N) is 1. The summed E-state index contributed by atoms with van der Waals surface area (Å²) >= 11 is 0. The maximum Gasteiger partial charge on any atom is 0.321 e. The van der Waals surface area contributed by atoms with Crippen LogP contribution in [0.25, 0.3) is 0 Å². The fourth-order valence-corrected chi connectivity index (χ4v) is 1.75. The van der Waals surface area contributed by atoms with Gasteiger partial charge in [0.1, 0.15) is 5.82 Å². The molecule has 0 atom stereocenters. The summed E-state index contributed by atoms with van der Waals surface area (Å²) in [4.78, 5) is 23.4. The maximum absolute atomic E-state index is 13.0. The lowest BCUT2D eigenvalue weighted by Crippen LogP contribution is -2.39. The standard InChI is InChI=1S/C15H14FN3O2/c16-11-5-3-4-10(8-11)9-18-15(21)19-14(20)12-6-1-2-7-13(12)17/h1-8H,9,17H2,(H2,18,19,20,21). The normalized spacial score (nSPS) is 9.95. The van der Waals surface area contributed by atoms with Crippen molar-refractivity contribution in [2.75, 3.05) is 5.73 Å². The van der Waals surface area contributed by atoms with Crippen LogP contribution in [0.15, 0.2) is 48.5 Å². The molecule has 2 aromatic carbocycles. The predicted molar refractivity (Wildman–Crippen MR) is 77.0 cm³/mol. The number of hydrogen-bond acceptors (Lipinski definition) is 3. The molecular formula is C15H14FN3O2. The largest absolute Gasteiger partial charge is 0.398 e. The summed E-state index contributed by atoms with van der Waals surface area (Å²) in [6, 6.07) is 11.6. The Morgan fingerprint density at radius 1 is 1.10 bits per heavy atom. The molecule has 21 heavy (non-hydrogen) atoms. The number of para-hydroxylation sites is 1. The van der Waals surface area contributed by atoms with Gasteiger partial charge in [-0.25, -0.2) is 9.18 Å². The van der Waals surface area contributed by atoms with E-state index < -0.39 is 11.9 Å². The first-order chi connectivity index (χ1) is 10.1. The van der Waals surface area contributed by atoms with E-state index in [2.05, 4.69) is 10.6 Å². The summed E-state index contributed by atoms with van der Waals surface area (Å²) < 4.78 is 13.0. The molecule has 0 radical (unpaired) electrons. The van der Waals surface area contributed by atoms with Crippen LogP contribution in [0.1, 0.15) is 15.9 Å². The SMILES string of the molecule is Nc1ccccc1C(=O)NC(=O)NCc1cccc(F)c1. The second-order valence-corrected chi connectivity index (χ2v) is 4.35. The number of carbonyl (C=O) groups excluding carboxylic acids is 2. The van der Waals surface area contributed by atoms with E-state index in [1.54, 1.807) is 30.3 Å². The number of benzene rings is 2. The Kier molecular flexibility index (Phi) is 4.50. The second-order valence-electron chi connectivity index (χ2n) is 4.35. The van der Waals surface area contributed by atoms with Crippen molar-refractivity contribution in [3.05, 3.63) is 65.5 Å². The topological polar surface area (TPSA) is 84.2 Å². The molecule has 0 saturated heterocycles. The zero-order chi connectivity index (χ0) is 15.2. The van der Waals surface area contributed by atoms with E-state index in [1.165, 1.54) is 18.2 Å². The molecule has 108 valence electrons. The Balaban J connectivity index is 1.90. The zero-order valence-corrected chi connectivity index (χ0v) is 11.1. The van der Waals surface area contributed by atoms with Crippen LogP contribution in [0.4, 0.5) is 14.9 Å². The van der Waals surface area contributed by atoms with Gasteiger partial charge in [-0.1, -0.05) is 24.3 Å². The van der Waals surface area contributed by atoms with Crippen LogP contribution >= 0.6 is 0 Å². The monoisotopic (exact) mass is 287 g/mol. The minimum absolute atomic E-state index is 0.112. The van der Waals surface area contributed by atoms with Gasteiger partial charge in [0.2, 0.25) is 0 Å². The van der Waals surface area contributed by atoms with Gasteiger partial charge in [-0.15, -0.1) is 0 Å². The van der Waals surface area contributed by atoms with Gasteiger partial charge >= 0.3 is 6.03 Å². The lowest BCUT2D eigenvalue weighted by molar-refractivity contribution is 0.0965. The van der Waals surface area contributed by atoms with Crippen LogP contribution in [0, 0.1) is 5.82 Å². The molecule has 2 aromatic rings. The number of anilines is 1. The van der Waals surface area contributed by atoms with E-state index in [4.69, 9.17) is 5.73 Å². The van der Waals surface area contributed by atoms with Crippen molar-refractivity contribution in [2.45, 2.75) is 6.54 Å². The highest BCUT2D eigenvalue weighted by molar-refractivity contribution is 6.07. The number of nitrogens with one attached hydrogen (secondary N) is 2. The quantitative estimate of drug-likeness (QED) is 0.755. The number of carbonyl (C=O) groups is 2. The van der Waals surface area contributed by atoms with Crippen molar-refractivity contribution in [3.8, 4) is 0 Å². The number of amides is 3. The molecule has 4 N–H and O–H groups in total. The molecule has 0 fully saturated rings. The Labute approximate surface area is 121 Å². The molecule has 3 amide bonds. The van der Waals surface area contributed by atoms with E-state index in [0.29, 0.717) is 5.56 Å². The van der Waals surface area contributed by atoms with Gasteiger partial charge in [0.15, 0.2) is 0 Å². The minimum Gasteiger partial charge on any atom is -0.398 e. The first-order valence-corrected chi connectivity index (χ1v) is 6.24. The Hall–Kier alpha value is -2.89. The maximum atomic E-state index is 13.0. The molecule has 0 aliphatic heterocycles. The van der Waals surface area contributed by atoms with E-state index in [-0.39, 0.29) is 23.6 Å². The lowest BCUT2D eigenvalue weighted by Gasteiger charge is -2.08. The number of urea groups is 1. The first-order valence-electron chi connectivity index (χ1n) is 6.24. The van der Waals surface area contributed by atoms with Gasteiger partial charge in [0.25, 0.3) is 5.91 Å². The lowest BCUT2D eigenvalue weighted by atomic mass is 10.2. The average molecular weight is 287 g/mol. The number of hydrogen-bond donors (Lipinski definition) is 3. The molecule has 0 heterocycles. The average Bonchev–Trinajstić information content (AvgIpc) is 2.45. The molecule has 0 bridgehead atoms. The second kappa shape index (κ2) is 6.51. The van der Waals surface area contributed by atoms with Crippen LogP contribution in [0.2, 0.25) is 0 Å². The molecule has 0 saturated carbocycles. The molecule has 0 spiro atoms. The van der Waals surface area contributed by atoms with Crippen LogP contribution in [0.3, 0.4) is 0 Å². The van der Waals surface area contributed by atoms with Gasteiger partial charge in [0.05, 0.1) is 5.56 Å². The molecule has 0 unspecified atom stereocenters. The molecule has 0 aliphatic carbocycles. The van der Waals surface area contributed by atoms with Crippen molar-refractivity contribution in [1.29, 1.82) is 0 Å². The summed E-state index contributed by atoms with van der Waals surface area (Å²) in [5.74, 6) is -0.979. The van der Waals surface area contributed by atoms with Crippen LogP contribution in [-0.4, -0.2) is 11.9 Å². The van der Waals surface area contributed by atoms with Gasteiger partial charge in [-0.3, -0.25) is 10.1 Å². The minimum atomic E-state index is -0.674. The number of nitrogen functional groups attached to an aromatic ring is 1. The number of halogens is 1. The van der Waals surface area contributed by atoms with Gasteiger partial charge in [-0.05, 0) is 29.8 Å². The summed E-state index contributed by atoms with van der Waals surface area (Å²) in [7, 11) is 0. The molecule has 6 heteroatoms. The van der Waals surface area contributed by atoms with Crippen LogP contribution in [-0.2, 0) is 6.54 Å². The van der Waals surface area contributed by atoms with E-state index in [0.717, 1.165) is 0 Å². The molecule has 0 aromatic heterocycles. The highest BCUT2D eigenvalue weighted by atomic mass is 19.1. The molecule has 5 nitrogen and oxygen atoms in total. The Bertz CT molecular complexity index is 673. The van der Waals surface area contributed by atoms with Gasteiger partial charge < -0.3 is 11.1 Å². The highest BCUT2D eigenvalue weighted by Crippen LogP contribution is 2.09. The summed E-state index contributed by atoms with van der Waals surface area (Å²) in [5.41, 5.74) is 6.74. The predicted octanol–water partition coefficient (Wildman–Crippen LogP) is 2.05. The molecule has 2 rings (SSSR count). The fraction of sp³-hybridized carbons (Fsp3) is 0.0667. The van der Waals surface area contributed by atoms with E-state index >= 15 is 0 Å². The number of rotatable bonds is 3. The van der Waals surface area contributed by atoms with Crippen molar-refractivity contribution < 1.29 is 14.0 Å². The van der Waals surface area contributed by atoms with Crippen molar-refractivity contribution in [3.63, 3.8) is 0 Å². The van der Waals surface area contributed by atoms with Crippen molar-refractivity contribution in [1.82, 2.24) is 10.6 Å². The smallest absolute Gasteiger partial charge is 0.321 e. The van der Waals surface area contributed by atoms with Gasteiger partial charge in [0, 0.05) is 12.2 Å². The van der Waals surface area contributed by atoms with E-state index in [9.17, 15) is 14.0 Å². The summed E-state index contributed by atoms with van der Waals surface area (Å²) in [6.07, 6.45) is 0. The Morgan fingerprint density at radius 3 is 2.57 bits per heavy atom. The Morgan fingerprint density at radius 2 is 1.86 bits per heavy atom. The third-order valence-electron chi connectivity index (χ3n) is 2.77. The third kappa shape index (κ3) is 4.04. The first kappa shape index (κ1) is 14.5. The summed E-state index contributed by atoms with van der Waals surface area (Å²) in [6.45, 7) is 0.112. The third-order valence-corrected chi connectivity index (χ3v) is 2.77. The highest BCUT2D eigenvalue weighted by Gasteiger charge is 2.12. The molecule has 0 aliphatic rings. The number of imide groups is 1. The van der Waals surface area contributed by atoms with Crippen molar-refractivity contribution >= 4 is 17.6 Å². The summed E-state index contributed by atoms with van der Waals surface area (Å²) in [5, 5.41) is 4.63. The van der Waals surface area contributed by atoms with Gasteiger partial charge in [-0.2, -0.15) is 0 Å². The van der Waals surface area contributed by atoms with E-state index in [1.807, 2.05) is 0 Å². The van der Waals surface area contributed by atoms with Crippen LogP contribution < -0.4 is 16.4 Å². The molecular weight excluding hydrogens is 273 g/mol. The zero-order valence-electron chi connectivity index (χ0n) is 11.1.